The minimum atomic E-state index is -1.16. The standard InChI is InChI=1S/C21H31FN6OS/c1-5-14-18(28(23)13-8-10-21(4,22)11-9-13)24-17(25-19(14)29)15-6-7-16(15)20(30)27-26-12(2)3/h5,13,15-16H,1,6-11,23H2,2-4H3,(H,27,30)(H,24,25,29)/t13?,15-,16-,21?/m0/s1. The number of thiol groups is 1. The molecule has 2 saturated carbocycles. The molecule has 1 aromatic rings. The molecule has 1 heterocycles. The van der Waals surface area contributed by atoms with Crippen LogP contribution >= 0.6 is 12.6 Å². The number of hydrogen-bond acceptors (Lipinski definition) is 6. The molecule has 0 unspecified atom stereocenters. The van der Waals surface area contributed by atoms with Crippen molar-refractivity contribution < 1.29 is 4.39 Å². The van der Waals surface area contributed by atoms with Gasteiger partial charge in [0.05, 0.1) is 10.6 Å². The number of nitrogens with zero attached hydrogens (tertiary/aromatic N) is 4. The van der Waals surface area contributed by atoms with Gasteiger partial charge in [0.25, 0.3) is 5.56 Å². The highest BCUT2D eigenvalue weighted by Crippen LogP contribution is 2.43. The second-order valence-electron chi connectivity index (χ2n) is 8.74. The molecule has 2 atom stereocenters. The van der Waals surface area contributed by atoms with Crippen LogP contribution < -0.4 is 16.4 Å². The van der Waals surface area contributed by atoms with Gasteiger partial charge in [0, 0.05) is 23.6 Å². The van der Waals surface area contributed by atoms with E-state index in [1.54, 1.807) is 6.92 Å². The SMILES string of the molecule is C=Cc1c(N(N)C2CCC(C)(F)CC2)nc([C@H]2CC[C@@H]2/C(S)=N/N=C(C)C)[nH]c1=O. The minimum Gasteiger partial charge on any atom is -0.310 e. The zero-order valence-electron chi connectivity index (χ0n) is 17.9. The second kappa shape index (κ2) is 9.01. The predicted molar refractivity (Wildman–Crippen MR) is 124 cm³/mol. The fourth-order valence-corrected chi connectivity index (χ4v) is 4.41. The monoisotopic (exact) mass is 434 g/mol. The summed E-state index contributed by atoms with van der Waals surface area (Å²) in [5.41, 5.74) is -0.266. The number of rotatable bonds is 6. The number of hydrogen-bond donors (Lipinski definition) is 3. The number of aromatic nitrogens is 2. The molecule has 0 spiro atoms. The van der Waals surface area contributed by atoms with E-state index in [2.05, 4.69) is 34.4 Å². The molecular weight excluding hydrogens is 403 g/mol. The number of nitrogens with two attached hydrogens (primary N) is 1. The van der Waals surface area contributed by atoms with E-state index in [0.717, 1.165) is 18.6 Å². The van der Waals surface area contributed by atoms with Gasteiger partial charge in [0.1, 0.15) is 11.5 Å². The van der Waals surface area contributed by atoms with Crippen LogP contribution in [0.3, 0.4) is 0 Å². The number of hydrazine groups is 1. The molecular formula is C21H31FN6OS. The molecule has 164 valence electrons. The number of aromatic amines is 1. The first kappa shape index (κ1) is 22.7. The lowest BCUT2D eigenvalue weighted by molar-refractivity contribution is 0.119. The topological polar surface area (TPSA) is 99.7 Å². The van der Waals surface area contributed by atoms with Crippen molar-refractivity contribution in [2.75, 3.05) is 5.01 Å². The summed E-state index contributed by atoms with van der Waals surface area (Å²) in [6, 6.07) is -0.0734. The van der Waals surface area contributed by atoms with E-state index in [-0.39, 0.29) is 23.4 Å². The Morgan fingerprint density at radius 2 is 2.00 bits per heavy atom. The predicted octanol–water partition coefficient (Wildman–Crippen LogP) is 3.98. The molecule has 1 aromatic heterocycles. The van der Waals surface area contributed by atoms with Crippen molar-refractivity contribution in [3.63, 3.8) is 0 Å². The number of H-pyrrole nitrogens is 1. The molecule has 7 nitrogen and oxygen atoms in total. The lowest BCUT2D eigenvalue weighted by atomic mass is 9.73. The average molecular weight is 435 g/mol. The smallest absolute Gasteiger partial charge is 0.260 e. The Labute approximate surface area is 182 Å². The highest BCUT2D eigenvalue weighted by molar-refractivity contribution is 7.97. The molecule has 9 heteroatoms. The Morgan fingerprint density at radius 3 is 2.53 bits per heavy atom. The molecule has 3 N–H and O–H groups in total. The molecule has 0 amide bonds. The number of nitrogens with one attached hydrogen (secondary N) is 1. The fraction of sp³-hybridized carbons (Fsp3) is 0.619. The van der Waals surface area contributed by atoms with Crippen LogP contribution in [0.25, 0.3) is 6.08 Å². The van der Waals surface area contributed by atoms with Crippen LogP contribution in [0.5, 0.6) is 0 Å². The molecule has 2 fully saturated rings. The zero-order valence-corrected chi connectivity index (χ0v) is 18.8. The highest BCUT2D eigenvalue weighted by Gasteiger charge is 2.38. The summed E-state index contributed by atoms with van der Waals surface area (Å²) in [7, 11) is 0. The summed E-state index contributed by atoms with van der Waals surface area (Å²) in [4.78, 5) is 20.3. The van der Waals surface area contributed by atoms with Gasteiger partial charge in [-0.3, -0.25) is 9.80 Å². The van der Waals surface area contributed by atoms with Gasteiger partial charge in [-0.25, -0.2) is 15.2 Å². The Balaban J connectivity index is 1.89. The Morgan fingerprint density at radius 1 is 1.33 bits per heavy atom. The van der Waals surface area contributed by atoms with E-state index in [4.69, 9.17) is 10.8 Å². The van der Waals surface area contributed by atoms with Gasteiger partial charge in [0.2, 0.25) is 0 Å². The van der Waals surface area contributed by atoms with E-state index < -0.39 is 5.67 Å². The van der Waals surface area contributed by atoms with Gasteiger partial charge in [0.15, 0.2) is 5.82 Å². The second-order valence-corrected chi connectivity index (χ2v) is 9.20. The molecule has 0 aliphatic heterocycles. The Kier molecular flexibility index (Phi) is 6.81. The average Bonchev–Trinajstić information content (AvgIpc) is 2.64. The van der Waals surface area contributed by atoms with Crippen LogP contribution in [0.4, 0.5) is 10.2 Å². The van der Waals surface area contributed by atoms with Crippen molar-refractivity contribution in [1.82, 2.24) is 9.97 Å². The van der Waals surface area contributed by atoms with E-state index >= 15 is 0 Å². The van der Waals surface area contributed by atoms with Gasteiger partial charge in [-0.1, -0.05) is 12.7 Å². The summed E-state index contributed by atoms with van der Waals surface area (Å²) in [5, 5.41) is 10.4. The van der Waals surface area contributed by atoms with Crippen LogP contribution in [0, 0.1) is 5.92 Å². The van der Waals surface area contributed by atoms with Crippen LogP contribution in [0.2, 0.25) is 0 Å². The van der Waals surface area contributed by atoms with Gasteiger partial charge in [-0.15, -0.1) is 17.7 Å². The van der Waals surface area contributed by atoms with Crippen molar-refractivity contribution in [2.45, 2.75) is 76.9 Å². The Hall–Kier alpha value is -2.00. The van der Waals surface area contributed by atoms with Crippen LogP contribution in [0.1, 0.15) is 76.6 Å². The minimum absolute atomic E-state index is 0.00665. The van der Waals surface area contributed by atoms with E-state index in [9.17, 15) is 9.18 Å². The summed E-state index contributed by atoms with van der Waals surface area (Å²) >= 11 is 4.51. The third-order valence-electron chi connectivity index (χ3n) is 6.10. The van der Waals surface area contributed by atoms with Crippen molar-refractivity contribution in [3.05, 3.63) is 28.3 Å². The number of halogens is 1. The molecule has 0 radical (unpaired) electrons. The first-order chi connectivity index (χ1) is 14.1. The van der Waals surface area contributed by atoms with E-state index in [1.807, 2.05) is 13.8 Å². The molecule has 2 aliphatic carbocycles. The first-order valence-electron chi connectivity index (χ1n) is 10.4. The number of anilines is 1. The van der Waals surface area contributed by atoms with Gasteiger partial charge in [-0.2, -0.15) is 5.10 Å². The third-order valence-corrected chi connectivity index (χ3v) is 6.52. The van der Waals surface area contributed by atoms with Crippen LogP contribution in [-0.4, -0.2) is 32.4 Å². The molecule has 0 bridgehead atoms. The maximum absolute atomic E-state index is 14.2. The summed E-state index contributed by atoms with van der Waals surface area (Å²) in [5.74, 6) is 7.40. The summed E-state index contributed by atoms with van der Waals surface area (Å²) < 4.78 is 14.2. The van der Waals surface area contributed by atoms with Gasteiger partial charge < -0.3 is 4.98 Å². The Bertz CT molecular complexity index is 911. The van der Waals surface area contributed by atoms with Crippen molar-refractivity contribution in [3.8, 4) is 0 Å². The van der Waals surface area contributed by atoms with Crippen molar-refractivity contribution in [1.29, 1.82) is 0 Å². The van der Waals surface area contributed by atoms with Crippen LogP contribution in [0.15, 0.2) is 21.6 Å². The maximum atomic E-state index is 14.2. The maximum Gasteiger partial charge on any atom is 0.260 e. The highest BCUT2D eigenvalue weighted by atomic mass is 32.1. The zero-order chi connectivity index (χ0) is 22.1. The quantitative estimate of drug-likeness (QED) is 0.207. The molecule has 2 aliphatic rings. The summed E-state index contributed by atoms with van der Waals surface area (Å²) in [6.07, 6.45) is 5.32. The van der Waals surface area contributed by atoms with Gasteiger partial charge >= 0.3 is 0 Å². The van der Waals surface area contributed by atoms with Crippen molar-refractivity contribution in [2.24, 2.45) is 22.0 Å². The van der Waals surface area contributed by atoms with Crippen molar-refractivity contribution >= 4 is 35.3 Å². The largest absolute Gasteiger partial charge is 0.310 e. The lowest BCUT2D eigenvalue weighted by Crippen LogP contribution is -2.47. The van der Waals surface area contributed by atoms with Crippen LogP contribution in [-0.2, 0) is 0 Å². The molecule has 0 saturated heterocycles. The molecule has 3 rings (SSSR count). The molecule has 30 heavy (non-hydrogen) atoms. The normalized spacial score (nSPS) is 29.1. The number of alkyl halides is 1. The summed E-state index contributed by atoms with van der Waals surface area (Å²) in [6.45, 7) is 9.11. The lowest BCUT2D eigenvalue weighted by Gasteiger charge is -2.38. The van der Waals surface area contributed by atoms with E-state index in [0.29, 0.717) is 47.9 Å². The fourth-order valence-electron chi connectivity index (χ4n) is 4.06. The first-order valence-corrected chi connectivity index (χ1v) is 10.8. The van der Waals surface area contributed by atoms with Gasteiger partial charge in [-0.05, 0) is 59.3 Å². The third kappa shape index (κ3) is 4.83. The molecule has 0 aromatic carbocycles. The van der Waals surface area contributed by atoms with E-state index in [1.165, 1.54) is 11.1 Å².